The van der Waals surface area contributed by atoms with Gasteiger partial charge in [0, 0.05) is 45.3 Å². The number of aromatic nitrogens is 2. The molecule has 30 heavy (non-hydrogen) atoms. The fourth-order valence-electron chi connectivity index (χ4n) is 5.02. The van der Waals surface area contributed by atoms with Crippen LogP contribution in [0.2, 0.25) is 0 Å². The van der Waals surface area contributed by atoms with E-state index in [1.165, 1.54) is 5.56 Å². The van der Waals surface area contributed by atoms with E-state index in [1.807, 2.05) is 37.1 Å². The van der Waals surface area contributed by atoms with E-state index in [4.69, 9.17) is 0 Å². The van der Waals surface area contributed by atoms with E-state index >= 15 is 0 Å². The second kappa shape index (κ2) is 9.02. The maximum Gasteiger partial charge on any atom is 0.257 e. The molecule has 2 fully saturated rings. The quantitative estimate of drug-likeness (QED) is 0.779. The average Bonchev–Trinajstić information content (AvgIpc) is 3.00. The molecule has 3 heterocycles. The third kappa shape index (κ3) is 4.42. The number of hydrogen-bond donors (Lipinski definition) is 0. The van der Waals surface area contributed by atoms with Gasteiger partial charge in [-0.1, -0.05) is 36.8 Å². The zero-order valence-electron chi connectivity index (χ0n) is 18.1. The van der Waals surface area contributed by atoms with Crippen LogP contribution in [0.5, 0.6) is 0 Å². The molecule has 0 unspecified atom stereocenters. The Morgan fingerprint density at radius 2 is 1.80 bits per heavy atom. The lowest BCUT2D eigenvalue weighted by molar-refractivity contribution is -0.137. The van der Waals surface area contributed by atoms with Crippen LogP contribution < -0.4 is 0 Å². The van der Waals surface area contributed by atoms with Crippen LogP contribution in [-0.4, -0.2) is 51.0 Å². The van der Waals surface area contributed by atoms with E-state index < -0.39 is 0 Å². The summed E-state index contributed by atoms with van der Waals surface area (Å²) in [6.07, 6.45) is 6.77. The number of hydrogen-bond acceptors (Lipinski definition) is 3. The van der Waals surface area contributed by atoms with Crippen LogP contribution in [0, 0.1) is 18.8 Å². The average molecular weight is 409 g/mol. The highest BCUT2D eigenvalue weighted by Gasteiger charge is 2.36. The Kier molecular flexibility index (Phi) is 6.21. The summed E-state index contributed by atoms with van der Waals surface area (Å²) in [6.45, 7) is 4.88. The number of nitrogens with zero attached hydrogens (tertiary/aromatic N) is 4. The summed E-state index contributed by atoms with van der Waals surface area (Å²) in [5.41, 5.74) is 2.66. The van der Waals surface area contributed by atoms with Crippen LogP contribution in [0.4, 0.5) is 0 Å². The van der Waals surface area contributed by atoms with Gasteiger partial charge in [0.2, 0.25) is 5.91 Å². The van der Waals surface area contributed by atoms with Crippen LogP contribution in [0.1, 0.15) is 53.7 Å². The van der Waals surface area contributed by atoms with Gasteiger partial charge in [-0.05, 0) is 44.1 Å². The predicted molar refractivity (Wildman–Crippen MR) is 116 cm³/mol. The standard InChI is InChI=1S/C24H32N4O2/c1-18-22(17-26(2)25-18)24(30)27-14-11-20(12-15-27)21-10-6-7-13-28(23(21)29)16-19-8-4-3-5-9-19/h3-5,8-9,17,20-21H,6-7,10-16H2,1-2H3/t21-/m0/s1. The summed E-state index contributed by atoms with van der Waals surface area (Å²) in [7, 11) is 1.84. The Morgan fingerprint density at radius 3 is 2.47 bits per heavy atom. The summed E-state index contributed by atoms with van der Waals surface area (Å²) in [6, 6.07) is 10.3. The Labute approximate surface area is 178 Å². The van der Waals surface area contributed by atoms with Gasteiger partial charge in [0.25, 0.3) is 5.91 Å². The van der Waals surface area contributed by atoms with Gasteiger partial charge in [-0.3, -0.25) is 14.3 Å². The van der Waals surface area contributed by atoms with Crippen LogP contribution >= 0.6 is 0 Å². The first-order chi connectivity index (χ1) is 14.5. The maximum atomic E-state index is 13.4. The maximum absolute atomic E-state index is 13.4. The topological polar surface area (TPSA) is 58.4 Å². The summed E-state index contributed by atoms with van der Waals surface area (Å²) in [4.78, 5) is 30.2. The second-order valence-corrected chi connectivity index (χ2v) is 8.78. The van der Waals surface area contributed by atoms with Gasteiger partial charge < -0.3 is 9.80 Å². The van der Waals surface area contributed by atoms with E-state index in [1.54, 1.807) is 10.9 Å². The summed E-state index contributed by atoms with van der Waals surface area (Å²) < 4.78 is 1.70. The van der Waals surface area contributed by atoms with Crippen LogP contribution in [0.15, 0.2) is 36.5 Å². The van der Waals surface area contributed by atoms with Gasteiger partial charge in [-0.25, -0.2) is 0 Å². The first-order valence-corrected chi connectivity index (χ1v) is 11.1. The molecule has 1 aromatic heterocycles. The lowest BCUT2D eigenvalue weighted by Gasteiger charge is -2.36. The van der Waals surface area contributed by atoms with E-state index in [0.29, 0.717) is 23.9 Å². The summed E-state index contributed by atoms with van der Waals surface area (Å²) >= 11 is 0. The number of carbonyl (C=O) groups excluding carboxylic acids is 2. The molecule has 0 radical (unpaired) electrons. The van der Waals surface area contributed by atoms with Gasteiger partial charge >= 0.3 is 0 Å². The smallest absolute Gasteiger partial charge is 0.257 e. The number of piperidine rings is 1. The zero-order valence-corrected chi connectivity index (χ0v) is 18.1. The molecule has 0 saturated carbocycles. The Bertz CT molecular complexity index is 884. The molecule has 1 aromatic carbocycles. The molecule has 2 amide bonds. The summed E-state index contributed by atoms with van der Waals surface area (Å²) in [5, 5.41) is 4.30. The molecule has 0 aliphatic carbocycles. The molecule has 0 bridgehead atoms. The predicted octanol–water partition coefficient (Wildman–Crippen LogP) is 3.41. The van der Waals surface area contributed by atoms with Gasteiger partial charge in [-0.15, -0.1) is 0 Å². The third-order valence-corrected chi connectivity index (χ3v) is 6.68. The largest absolute Gasteiger partial charge is 0.339 e. The number of benzene rings is 1. The number of carbonyl (C=O) groups is 2. The second-order valence-electron chi connectivity index (χ2n) is 8.78. The molecule has 160 valence electrons. The minimum absolute atomic E-state index is 0.0666. The highest BCUT2D eigenvalue weighted by atomic mass is 16.2. The number of rotatable bonds is 4. The van der Waals surface area contributed by atoms with Crippen molar-refractivity contribution >= 4 is 11.8 Å². The summed E-state index contributed by atoms with van der Waals surface area (Å²) in [5.74, 6) is 0.836. The van der Waals surface area contributed by atoms with E-state index in [9.17, 15) is 9.59 Å². The highest BCUT2D eigenvalue weighted by Crippen LogP contribution is 2.33. The molecular weight excluding hydrogens is 376 g/mol. The molecule has 1 atom stereocenters. The van der Waals surface area contributed by atoms with Crippen molar-refractivity contribution in [3.63, 3.8) is 0 Å². The van der Waals surface area contributed by atoms with E-state index in [2.05, 4.69) is 22.1 Å². The van der Waals surface area contributed by atoms with E-state index in [-0.39, 0.29) is 11.8 Å². The van der Waals surface area contributed by atoms with Crippen molar-refractivity contribution in [2.24, 2.45) is 18.9 Å². The number of aryl methyl sites for hydroxylation is 2. The molecule has 4 rings (SSSR count). The Hall–Kier alpha value is -2.63. The first-order valence-electron chi connectivity index (χ1n) is 11.1. The lowest BCUT2D eigenvalue weighted by atomic mass is 9.81. The minimum atomic E-state index is 0.0666. The van der Waals surface area contributed by atoms with Gasteiger partial charge in [0.05, 0.1) is 11.3 Å². The molecule has 2 saturated heterocycles. The van der Waals surface area contributed by atoms with Crippen molar-refractivity contribution < 1.29 is 9.59 Å². The number of likely N-dealkylation sites (tertiary alicyclic amines) is 2. The number of amides is 2. The molecule has 6 heteroatoms. The van der Waals surface area contributed by atoms with Crippen molar-refractivity contribution in [2.75, 3.05) is 19.6 Å². The third-order valence-electron chi connectivity index (χ3n) is 6.68. The molecular formula is C24H32N4O2. The monoisotopic (exact) mass is 408 g/mol. The van der Waals surface area contributed by atoms with Gasteiger partial charge in [-0.2, -0.15) is 5.10 Å². The minimum Gasteiger partial charge on any atom is -0.339 e. The Balaban J connectivity index is 1.38. The van der Waals surface area contributed by atoms with Gasteiger partial charge in [0.15, 0.2) is 0 Å². The zero-order chi connectivity index (χ0) is 21.1. The fraction of sp³-hybridized carbons (Fsp3) is 0.542. The van der Waals surface area contributed by atoms with Crippen molar-refractivity contribution in [1.29, 1.82) is 0 Å². The first kappa shape index (κ1) is 20.6. The van der Waals surface area contributed by atoms with Crippen molar-refractivity contribution in [3.05, 3.63) is 53.3 Å². The normalized spacial score (nSPS) is 21.0. The highest BCUT2D eigenvalue weighted by molar-refractivity contribution is 5.95. The molecule has 2 aromatic rings. The SMILES string of the molecule is Cc1nn(C)cc1C(=O)N1CCC([C@@H]2CCCCN(Cc3ccccc3)C2=O)CC1. The molecule has 6 nitrogen and oxygen atoms in total. The van der Waals surface area contributed by atoms with Crippen molar-refractivity contribution in [2.45, 2.75) is 45.6 Å². The Morgan fingerprint density at radius 1 is 1.07 bits per heavy atom. The lowest BCUT2D eigenvalue weighted by Crippen LogP contribution is -2.44. The molecule has 2 aliphatic rings. The molecule has 0 spiro atoms. The van der Waals surface area contributed by atoms with Crippen LogP contribution in [0.3, 0.4) is 0 Å². The molecule has 0 N–H and O–H groups in total. The van der Waals surface area contributed by atoms with Crippen LogP contribution in [0.25, 0.3) is 0 Å². The fourth-order valence-corrected chi connectivity index (χ4v) is 5.02. The van der Waals surface area contributed by atoms with Gasteiger partial charge in [0.1, 0.15) is 0 Å². The van der Waals surface area contributed by atoms with Crippen molar-refractivity contribution in [1.82, 2.24) is 19.6 Å². The van der Waals surface area contributed by atoms with Crippen molar-refractivity contribution in [3.8, 4) is 0 Å². The van der Waals surface area contributed by atoms with Crippen LogP contribution in [-0.2, 0) is 18.4 Å². The molecule has 2 aliphatic heterocycles. The van der Waals surface area contributed by atoms with E-state index in [0.717, 1.165) is 57.4 Å².